The third-order valence-corrected chi connectivity index (χ3v) is 3.35. The summed E-state index contributed by atoms with van der Waals surface area (Å²) in [5.74, 6) is -0.109. The Morgan fingerprint density at radius 2 is 1.90 bits per heavy atom. The van der Waals surface area contributed by atoms with E-state index in [1.165, 1.54) is 7.11 Å². The number of β-lactam (4-membered cyclic amide) rings is 1. The van der Waals surface area contributed by atoms with Gasteiger partial charge in [0.15, 0.2) is 6.10 Å². The molecule has 0 unspecified atom stereocenters. The Hall–Kier alpha value is -1.01. The number of nitrogens with zero attached hydrogens (tertiary/aromatic N) is 1. The van der Waals surface area contributed by atoms with Gasteiger partial charge in [0.2, 0.25) is 0 Å². The highest BCUT2D eigenvalue weighted by molar-refractivity contribution is 6.24. The Balaban J connectivity index is 2.48. The lowest BCUT2D eigenvalue weighted by atomic mass is 9.87. The van der Waals surface area contributed by atoms with Gasteiger partial charge in [-0.3, -0.25) is 4.79 Å². The number of hydrogen-bond acceptors (Lipinski definition) is 4. The summed E-state index contributed by atoms with van der Waals surface area (Å²) in [6.45, 7) is 9.74. The number of amides is 2. The molecule has 0 spiro atoms. The lowest BCUT2D eigenvalue weighted by molar-refractivity contribution is -0.172. The fraction of sp³-hybridized carbons (Fsp3) is 0.857. The van der Waals surface area contributed by atoms with E-state index in [-0.39, 0.29) is 11.9 Å². The molecule has 6 nitrogen and oxygen atoms in total. The molecule has 0 aliphatic carbocycles. The molecule has 0 saturated carbocycles. The van der Waals surface area contributed by atoms with Gasteiger partial charge in [-0.25, -0.2) is 4.79 Å². The number of alkyl carbamates (subject to hydrolysis) is 1. The Kier molecular flexibility index (Phi) is 5.50. The van der Waals surface area contributed by atoms with Gasteiger partial charge < -0.3 is 19.7 Å². The number of likely N-dealkylation sites (tertiary alicyclic amines) is 1. The molecule has 2 atom stereocenters. The van der Waals surface area contributed by atoms with Crippen LogP contribution in [-0.2, 0) is 14.3 Å². The number of nitrogens with one attached hydrogen (secondary N) is 1. The van der Waals surface area contributed by atoms with Crippen molar-refractivity contribution in [1.82, 2.24) is 10.2 Å². The molecule has 1 aliphatic rings. The maximum Gasteiger partial charge on any atom is 0.407 e. The van der Waals surface area contributed by atoms with E-state index in [1.54, 1.807) is 25.7 Å². The van der Waals surface area contributed by atoms with Gasteiger partial charge in [0.1, 0.15) is 5.60 Å². The van der Waals surface area contributed by atoms with Crippen molar-refractivity contribution in [1.29, 1.82) is 0 Å². The summed E-state index contributed by atoms with van der Waals surface area (Å²) in [4.78, 5) is 24.5. The minimum atomic E-state index is -0.597. The smallest absolute Gasteiger partial charge is 0.407 e. The van der Waals surface area contributed by atoms with Crippen molar-refractivity contribution in [3.8, 4) is 0 Å². The third kappa shape index (κ3) is 4.74. The second-order valence-electron chi connectivity index (χ2n) is 6.63. The van der Waals surface area contributed by atoms with Gasteiger partial charge in [-0.05, 0) is 34.6 Å². The van der Waals surface area contributed by atoms with Gasteiger partial charge >= 0.3 is 6.09 Å². The summed E-state index contributed by atoms with van der Waals surface area (Å²) < 4.78 is 10.3. The summed E-state index contributed by atoms with van der Waals surface area (Å²) >= 11 is 6.31. The standard InChI is InChI=1S/C14H25ClN2O4/c1-13(2,3)21-12(19)16-7-8-17-10(14(4,5)15)9(20-6)11(17)18/h9-10H,7-8H2,1-6H3,(H,16,19)/t9-,10-/m0/s1. The largest absolute Gasteiger partial charge is 0.444 e. The van der Waals surface area contributed by atoms with Gasteiger partial charge in [0, 0.05) is 20.2 Å². The number of methoxy groups -OCH3 is 1. The van der Waals surface area contributed by atoms with Crippen LogP contribution in [0.25, 0.3) is 0 Å². The van der Waals surface area contributed by atoms with Crippen LogP contribution in [0.15, 0.2) is 0 Å². The van der Waals surface area contributed by atoms with E-state index in [2.05, 4.69) is 5.32 Å². The summed E-state index contributed by atoms with van der Waals surface area (Å²) in [6.07, 6.45) is -1.01. The average molecular weight is 321 g/mol. The molecule has 1 heterocycles. The van der Waals surface area contributed by atoms with Gasteiger partial charge in [0.05, 0.1) is 10.9 Å². The highest BCUT2D eigenvalue weighted by atomic mass is 35.5. The van der Waals surface area contributed by atoms with Crippen LogP contribution >= 0.6 is 11.6 Å². The quantitative estimate of drug-likeness (QED) is 0.619. The topological polar surface area (TPSA) is 67.9 Å². The minimum Gasteiger partial charge on any atom is -0.444 e. The molecule has 1 fully saturated rings. The fourth-order valence-corrected chi connectivity index (χ4v) is 2.55. The van der Waals surface area contributed by atoms with E-state index in [1.807, 2.05) is 13.8 Å². The molecule has 0 aromatic rings. The number of ether oxygens (including phenoxy) is 2. The second-order valence-corrected chi connectivity index (χ2v) is 7.60. The van der Waals surface area contributed by atoms with Crippen LogP contribution in [0, 0.1) is 0 Å². The van der Waals surface area contributed by atoms with Crippen molar-refractivity contribution in [3.05, 3.63) is 0 Å². The summed E-state index contributed by atoms with van der Waals surface area (Å²) in [5.41, 5.74) is -0.543. The number of carbonyl (C=O) groups excluding carboxylic acids is 2. The van der Waals surface area contributed by atoms with Crippen LogP contribution in [0.1, 0.15) is 34.6 Å². The second kappa shape index (κ2) is 6.40. The molecule has 2 amide bonds. The molecular formula is C14H25ClN2O4. The van der Waals surface area contributed by atoms with Crippen molar-refractivity contribution in [2.75, 3.05) is 20.2 Å². The molecule has 0 aromatic carbocycles. The lowest BCUT2D eigenvalue weighted by Gasteiger charge is -2.51. The lowest BCUT2D eigenvalue weighted by Crippen LogP contribution is -2.71. The van der Waals surface area contributed by atoms with Gasteiger partial charge in [0.25, 0.3) is 5.91 Å². The maximum atomic E-state index is 12.0. The normalized spacial score (nSPS) is 22.8. The van der Waals surface area contributed by atoms with Gasteiger partial charge in [-0.1, -0.05) is 0 Å². The molecule has 1 saturated heterocycles. The minimum absolute atomic E-state index is 0.109. The van der Waals surface area contributed by atoms with Crippen molar-refractivity contribution in [3.63, 3.8) is 0 Å². The number of rotatable bonds is 5. The van der Waals surface area contributed by atoms with Crippen LogP contribution in [0.5, 0.6) is 0 Å². The third-order valence-electron chi connectivity index (χ3n) is 3.13. The SMILES string of the molecule is CO[C@@H]1C(=O)N(CCNC(=O)OC(C)(C)C)[C@@H]1C(C)(C)Cl. The predicted octanol–water partition coefficient (Wildman–Crippen LogP) is 1.75. The van der Waals surface area contributed by atoms with Crippen LogP contribution < -0.4 is 5.32 Å². The zero-order chi connectivity index (χ0) is 16.4. The molecule has 1 N–H and O–H groups in total. The highest BCUT2D eigenvalue weighted by Crippen LogP contribution is 2.34. The predicted molar refractivity (Wildman–Crippen MR) is 80.5 cm³/mol. The zero-order valence-corrected chi connectivity index (χ0v) is 14.3. The van der Waals surface area contributed by atoms with Crippen LogP contribution in [0.3, 0.4) is 0 Å². The molecule has 122 valence electrons. The van der Waals surface area contributed by atoms with E-state index >= 15 is 0 Å². The van der Waals surface area contributed by atoms with Crippen molar-refractivity contribution < 1.29 is 19.1 Å². The molecule has 0 bridgehead atoms. The highest BCUT2D eigenvalue weighted by Gasteiger charge is 2.53. The van der Waals surface area contributed by atoms with Crippen LogP contribution in [0.2, 0.25) is 0 Å². The number of halogens is 1. The molecule has 1 aliphatic heterocycles. The maximum absolute atomic E-state index is 12.0. The molecule has 0 aromatic heterocycles. The Morgan fingerprint density at radius 3 is 2.33 bits per heavy atom. The van der Waals surface area contributed by atoms with Gasteiger partial charge in [-0.2, -0.15) is 0 Å². The van der Waals surface area contributed by atoms with E-state index in [9.17, 15) is 9.59 Å². The number of carbonyl (C=O) groups is 2. The number of hydrogen-bond donors (Lipinski definition) is 1. The molecular weight excluding hydrogens is 296 g/mol. The molecule has 0 radical (unpaired) electrons. The van der Waals surface area contributed by atoms with E-state index in [0.717, 1.165) is 0 Å². The van der Waals surface area contributed by atoms with Crippen LogP contribution in [0.4, 0.5) is 4.79 Å². The Labute approximate surface area is 131 Å². The van der Waals surface area contributed by atoms with Crippen molar-refractivity contribution in [2.24, 2.45) is 0 Å². The first-order chi connectivity index (χ1) is 9.47. The molecule has 21 heavy (non-hydrogen) atoms. The average Bonchev–Trinajstić information content (AvgIpc) is 2.27. The van der Waals surface area contributed by atoms with Crippen LogP contribution in [-0.4, -0.2) is 59.7 Å². The fourth-order valence-electron chi connectivity index (χ4n) is 2.32. The van der Waals surface area contributed by atoms with Crippen molar-refractivity contribution >= 4 is 23.6 Å². The van der Waals surface area contributed by atoms with Gasteiger partial charge in [-0.15, -0.1) is 11.6 Å². The number of alkyl halides is 1. The summed E-state index contributed by atoms with van der Waals surface area (Å²) in [5, 5.41) is 2.62. The summed E-state index contributed by atoms with van der Waals surface area (Å²) in [6, 6.07) is -0.211. The van der Waals surface area contributed by atoms with E-state index < -0.39 is 22.7 Å². The Bertz CT molecular complexity index is 401. The molecule has 7 heteroatoms. The van der Waals surface area contributed by atoms with E-state index in [0.29, 0.717) is 13.1 Å². The zero-order valence-electron chi connectivity index (χ0n) is 13.5. The monoisotopic (exact) mass is 320 g/mol. The first-order valence-electron chi connectivity index (χ1n) is 6.96. The van der Waals surface area contributed by atoms with Crippen molar-refractivity contribution in [2.45, 2.75) is 57.2 Å². The first-order valence-corrected chi connectivity index (χ1v) is 7.34. The van der Waals surface area contributed by atoms with E-state index in [4.69, 9.17) is 21.1 Å². The first kappa shape index (κ1) is 18.0. The Morgan fingerprint density at radius 1 is 1.33 bits per heavy atom. The molecule has 1 rings (SSSR count). The summed E-state index contributed by atoms with van der Waals surface area (Å²) in [7, 11) is 1.49.